The lowest BCUT2D eigenvalue weighted by Gasteiger charge is -2.21. The average molecular weight is 301 g/mol. The molecule has 0 saturated heterocycles. The van der Waals surface area contributed by atoms with Gasteiger partial charge in [-0.25, -0.2) is 5.43 Å². The maximum absolute atomic E-state index is 12.2. The number of carbonyl (C=O) groups excluding carboxylic acids is 1. The summed E-state index contributed by atoms with van der Waals surface area (Å²) in [4.78, 5) is 14.4. The van der Waals surface area contributed by atoms with Crippen molar-refractivity contribution in [3.8, 4) is 0 Å². The molecule has 0 bridgehead atoms. The van der Waals surface area contributed by atoms with Crippen molar-refractivity contribution in [2.75, 3.05) is 18.0 Å². The fourth-order valence-corrected chi connectivity index (χ4v) is 2.94. The largest absolute Gasteiger partial charge is 0.372 e. The molecule has 1 amide bonds. The van der Waals surface area contributed by atoms with Gasteiger partial charge in [0.15, 0.2) is 0 Å². The summed E-state index contributed by atoms with van der Waals surface area (Å²) in [5.41, 5.74) is 5.64. The molecule has 120 valence electrons. The number of anilines is 1. The lowest BCUT2D eigenvalue weighted by Crippen LogP contribution is -2.24. The van der Waals surface area contributed by atoms with Gasteiger partial charge in [-0.1, -0.05) is 13.3 Å². The predicted octanol–water partition coefficient (Wildman–Crippen LogP) is 3.83. The van der Waals surface area contributed by atoms with E-state index in [4.69, 9.17) is 0 Å². The van der Waals surface area contributed by atoms with E-state index in [0.29, 0.717) is 11.5 Å². The highest BCUT2D eigenvalue weighted by Gasteiger charge is 2.16. The molecule has 0 radical (unpaired) electrons. The highest BCUT2D eigenvalue weighted by atomic mass is 16.2. The van der Waals surface area contributed by atoms with Crippen molar-refractivity contribution < 1.29 is 4.79 Å². The van der Waals surface area contributed by atoms with Crippen molar-refractivity contribution in [2.24, 2.45) is 11.0 Å². The van der Waals surface area contributed by atoms with Gasteiger partial charge >= 0.3 is 0 Å². The molecule has 1 saturated carbocycles. The third-order valence-electron chi connectivity index (χ3n) is 4.45. The SMILES string of the molecule is CCN(CC)c1ccc(C(=O)N/N=C2/CCCC[C@H]2C)cc1. The number of carbonyl (C=O) groups is 1. The minimum absolute atomic E-state index is 0.128. The zero-order chi connectivity index (χ0) is 15.9. The Kier molecular flexibility index (Phi) is 5.99. The fraction of sp³-hybridized carbons (Fsp3) is 0.556. The first-order valence-electron chi connectivity index (χ1n) is 8.37. The van der Waals surface area contributed by atoms with Crippen LogP contribution in [0.1, 0.15) is 56.8 Å². The number of amides is 1. The van der Waals surface area contributed by atoms with Crippen LogP contribution in [0.2, 0.25) is 0 Å². The zero-order valence-corrected chi connectivity index (χ0v) is 13.9. The molecule has 0 aromatic heterocycles. The minimum Gasteiger partial charge on any atom is -0.372 e. The van der Waals surface area contributed by atoms with Gasteiger partial charge in [-0.3, -0.25) is 4.79 Å². The molecule has 4 heteroatoms. The van der Waals surface area contributed by atoms with Crippen molar-refractivity contribution in [3.05, 3.63) is 29.8 Å². The van der Waals surface area contributed by atoms with Crippen LogP contribution >= 0.6 is 0 Å². The topological polar surface area (TPSA) is 44.7 Å². The number of hydrazone groups is 1. The van der Waals surface area contributed by atoms with Gasteiger partial charge in [0, 0.05) is 30.1 Å². The number of hydrogen-bond donors (Lipinski definition) is 1. The van der Waals surface area contributed by atoms with E-state index in [0.717, 1.165) is 30.9 Å². The van der Waals surface area contributed by atoms with Crippen molar-refractivity contribution in [2.45, 2.75) is 46.5 Å². The second kappa shape index (κ2) is 7.97. The van der Waals surface area contributed by atoms with Gasteiger partial charge in [0.1, 0.15) is 0 Å². The summed E-state index contributed by atoms with van der Waals surface area (Å²) < 4.78 is 0. The normalized spacial score (nSPS) is 20.0. The van der Waals surface area contributed by atoms with Crippen LogP contribution in [-0.2, 0) is 0 Å². The highest BCUT2D eigenvalue weighted by molar-refractivity contribution is 5.96. The first kappa shape index (κ1) is 16.5. The minimum atomic E-state index is -0.128. The lowest BCUT2D eigenvalue weighted by atomic mass is 9.89. The van der Waals surface area contributed by atoms with Gasteiger partial charge in [0.05, 0.1) is 0 Å². The summed E-state index contributed by atoms with van der Waals surface area (Å²) in [6.07, 6.45) is 4.62. The summed E-state index contributed by atoms with van der Waals surface area (Å²) in [6, 6.07) is 7.73. The van der Waals surface area contributed by atoms with Crippen LogP contribution < -0.4 is 10.3 Å². The monoisotopic (exact) mass is 301 g/mol. The van der Waals surface area contributed by atoms with E-state index < -0.39 is 0 Å². The quantitative estimate of drug-likeness (QED) is 0.840. The van der Waals surface area contributed by atoms with Crippen LogP contribution in [0.3, 0.4) is 0 Å². The van der Waals surface area contributed by atoms with E-state index in [1.165, 1.54) is 19.3 Å². The molecule has 22 heavy (non-hydrogen) atoms. The van der Waals surface area contributed by atoms with Crippen molar-refractivity contribution >= 4 is 17.3 Å². The van der Waals surface area contributed by atoms with Gasteiger partial charge < -0.3 is 4.90 Å². The van der Waals surface area contributed by atoms with E-state index in [1.807, 2.05) is 24.3 Å². The molecular weight excluding hydrogens is 274 g/mol. The van der Waals surface area contributed by atoms with E-state index in [2.05, 4.69) is 36.2 Å². The first-order chi connectivity index (χ1) is 10.7. The maximum atomic E-state index is 12.2. The van der Waals surface area contributed by atoms with E-state index in [1.54, 1.807) is 0 Å². The van der Waals surface area contributed by atoms with Gasteiger partial charge in [0.2, 0.25) is 0 Å². The number of rotatable bonds is 5. The van der Waals surface area contributed by atoms with Gasteiger partial charge in [-0.05, 0) is 63.3 Å². The molecule has 1 aliphatic carbocycles. The molecule has 0 aliphatic heterocycles. The Hall–Kier alpha value is -1.84. The number of nitrogens with zero attached hydrogens (tertiary/aromatic N) is 2. The molecular formula is C18H27N3O. The molecule has 0 spiro atoms. The Morgan fingerprint density at radius 2 is 1.91 bits per heavy atom. The predicted molar refractivity (Wildman–Crippen MR) is 92.5 cm³/mol. The Morgan fingerprint density at radius 3 is 2.50 bits per heavy atom. The molecule has 0 unspecified atom stereocenters. The number of benzene rings is 1. The molecule has 0 heterocycles. The third kappa shape index (κ3) is 4.09. The highest BCUT2D eigenvalue weighted by Crippen LogP contribution is 2.21. The van der Waals surface area contributed by atoms with Crippen molar-refractivity contribution in [1.82, 2.24) is 5.43 Å². The Morgan fingerprint density at radius 1 is 1.23 bits per heavy atom. The average Bonchev–Trinajstić information content (AvgIpc) is 2.55. The van der Waals surface area contributed by atoms with Crippen LogP contribution in [0, 0.1) is 5.92 Å². The van der Waals surface area contributed by atoms with Crippen LogP contribution in [0.15, 0.2) is 29.4 Å². The van der Waals surface area contributed by atoms with Crippen molar-refractivity contribution in [3.63, 3.8) is 0 Å². The molecule has 1 N–H and O–H groups in total. The summed E-state index contributed by atoms with van der Waals surface area (Å²) in [5, 5.41) is 4.34. The van der Waals surface area contributed by atoms with Crippen LogP contribution in [0.25, 0.3) is 0 Å². The smallest absolute Gasteiger partial charge is 0.271 e. The Balaban J connectivity index is 1.99. The van der Waals surface area contributed by atoms with Gasteiger partial charge in [-0.2, -0.15) is 5.10 Å². The summed E-state index contributed by atoms with van der Waals surface area (Å²) in [7, 11) is 0. The third-order valence-corrected chi connectivity index (χ3v) is 4.45. The molecule has 1 aromatic rings. The van der Waals surface area contributed by atoms with Crippen LogP contribution in [0.5, 0.6) is 0 Å². The summed E-state index contributed by atoms with van der Waals surface area (Å²) in [5.74, 6) is 0.357. The Labute approximate surface area is 133 Å². The maximum Gasteiger partial charge on any atom is 0.271 e. The van der Waals surface area contributed by atoms with Crippen molar-refractivity contribution in [1.29, 1.82) is 0 Å². The fourth-order valence-electron chi connectivity index (χ4n) is 2.94. The zero-order valence-electron chi connectivity index (χ0n) is 13.9. The second-order valence-electron chi connectivity index (χ2n) is 5.91. The summed E-state index contributed by atoms with van der Waals surface area (Å²) >= 11 is 0. The van der Waals surface area contributed by atoms with E-state index >= 15 is 0 Å². The molecule has 2 rings (SSSR count). The molecule has 1 fully saturated rings. The van der Waals surface area contributed by atoms with Crippen LogP contribution in [-0.4, -0.2) is 24.7 Å². The summed E-state index contributed by atoms with van der Waals surface area (Å²) in [6.45, 7) is 8.38. The van der Waals surface area contributed by atoms with Crippen LogP contribution in [0.4, 0.5) is 5.69 Å². The molecule has 1 atom stereocenters. The molecule has 1 aromatic carbocycles. The molecule has 1 aliphatic rings. The van der Waals surface area contributed by atoms with Gasteiger partial charge in [-0.15, -0.1) is 0 Å². The van der Waals surface area contributed by atoms with E-state index in [-0.39, 0.29) is 5.91 Å². The first-order valence-corrected chi connectivity index (χ1v) is 8.37. The second-order valence-corrected chi connectivity index (χ2v) is 5.91. The molecule has 4 nitrogen and oxygen atoms in total. The van der Waals surface area contributed by atoms with E-state index in [9.17, 15) is 4.79 Å². The lowest BCUT2D eigenvalue weighted by molar-refractivity contribution is 0.0954. The number of hydrogen-bond acceptors (Lipinski definition) is 3. The standard InChI is InChI=1S/C18H27N3O/c1-4-21(5-2)16-12-10-15(11-13-16)18(22)20-19-17-9-7-6-8-14(17)3/h10-14H,4-9H2,1-3H3,(H,20,22)/b19-17-/t14-/m1/s1. The number of nitrogens with one attached hydrogen (secondary N) is 1. The Bertz CT molecular complexity index is 518. The van der Waals surface area contributed by atoms with Gasteiger partial charge in [0.25, 0.3) is 5.91 Å².